The zero-order valence-corrected chi connectivity index (χ0v) is 14.8. The number of likely N-dealkylation sites (tertiary alicyclic amines) is 1. The lowest BCUT2D eigenvalue weighted by atomic mass is 10.1. The second kappa shape index (κ2) is 7.61. The van der Waals surface area contributed by atoms with Gasteiger partial charge in [0.1, 0.15) is 11.9 Å². The molecule has 0 radical (unpaired) electrons. The predicted octanol–water partition coefficient (Wildman–Crippen LogP) is -0.138. The molecule has 1 saturated heterocycles. The number of carbonyl (C=O) groups excluding carboxylic acids is 2. The molecule has 9 heteroatoms. The number of rotatable bonds is 5. The Morgan fingerprint density at radius 2 is 2.12 bits per heavy atom. The highest BCUT2D eigenvalue weighted by atomic mass is 16.2. The second-order valence-electron chi connectivity index (χ2n) is 6.74. The van der Waals surface area contributed by atoms with Crippen molar-refractivity contribution in [3.63, 3.8) is 0 Å². The average Bonchev–Trinajstić information content (AvgIpc) is 3.22. The van der Waals surface area contributed by atoms with Crippen molar-refractivity contribution in [2.45, 2.75) is 44.8 Å². The van der Waals surface area contributed by atoms with Gasteiger partial charge in [0.05, 0.1) is 6.42 Å². The standard InChI is InChI=1S/C17H23N7O2/c1-10(2)20-17(26)13-7-12(18)9-24(13)15(25)8-14-21-16(23-22-14)11-3-5-19-6-4-11/h3-6,10,12-13H,7-9,18H2,1-2H3,(H,20,26)(H,21,22,23)/t12-,13-/m0/s1. The molecule has 0 unspecified atom stereocenters. The summed E-state index contributed by atoms with van der Waals surface area (Å²) < 4.78 is 0. The van der Waals surface area contributed by atoms with Gasteiger partial charge in [-0.1, -0.05) is 0 Å². The molecule has 1 aliphatic rings. The second-order valence-corrected chi connectivity index (χ2v) is 6.74. The number of nitrogens with two attached hydrogens (primary N) is 1. The number of H-pyrrole nitrogens is 1. The van der Waals surface area contributed by atoms with E-state index in [0.717, 1.165) is 5.56 Å². The monoisotopic (exact) mass is 357 g/mol. The fraction of sp³-hybridized carbons (Fsp3) is 0.471. The van der Waals surface area contributed by atoms with Gasteiger partial charge in [-0.2, -0.15) is 5.10 Å². The number of hydrogen-bond acceptors (Lipinski definition) is 6. The zero-order valence-electron chi connectivity index (χ0n) is 14.8. The predicted molar refractivity (Wildman–Crippen MR) is 94.7 cm³/mol. The fourth-order valence-corrected chi connectivity index (χ4v) is 3.02. The summed E-state index contributed by atoms with van der Waals surface area (Å²) in [6, 6.07) is 2.85. The van der Waals surface area contributed by atoms with Gasteiger partial charge in [-0.15, -0.1) is 0 Å². The molecule has 1 aliphatic heterocycles. The van der Waals surface area contributed by atoms with E-state index in [4.69, 9.17) is 5.73 Å². The van der Waals surface area contributed by atoms with Gasteiger partial charge in [0.15, 0.2) is 5.82 Å². The van der Waals surface area contributed by atoms with Crippen LogP contribution in [0.15, 0.2) is 24.5 Å². The zero-order chi connectivity index (χ0) is 18.7. The molecule has 2 aromatic heterocycles. The van der Waals surface area contributed by atoms with E-state index in [2.05, 4.69) is 25.5 Å². The lowest BCUT2D eigenvalue weighted by Crippen LogP contribution is -2.48. The van der Waals surface area contributed by atoms with Crippen molar-refractivity contribution in [2.75, 3.05) is 6.54 Å². The first-order valence-corrected chi connectivity index (χ1v) is 8.61. The largest absolute Gasteiger partial charge is 0.352 e. The summed E-state index contributed by atoms with van der Waals surface area (Å²) in [5, 5.41) is 9.77. The third kappa shape index (κ3) is 4.05. The Balaban J connectivity index is 1.69. The maximum atomic E-state index is 12.7. The minimum absolute atomic E-state index is 0.00784. The van der Waals surface area contributed by atoms with Crippen LogP contribution in [-0.4, -0.2) is 61.5 Å². The number of nitrogens with one attached hydrogen (secondary N) is 2. The number of nitrogens with zero attached hydrogens (tertiary/aromatic N) is 4. The topological polar surface area (TPSA) is 130 Å². The molecule has 2 atom stereocenters. The molecular weight excluding hydrogens is 334 g/mol. The van der Waals surface area contributed by atoms with Crippen molar-refractivity contribution in [3.05, 3.63) is 30.4 Å². The Bertz CT molecular complexity index is 774. The van der Waals surface area contributed by atoms with Crippen LogP contribution in [0.2, 0.25) is 0 Å². The number of amides is 2. The molecule has 2 amide bonds. The van der Waals surface area contributed by atoms with E-state index < -0.39 is 6.04 Å². The molecule has 1 fully saturated rings. The first-order valence-electron chi connectivity index (χ1n) is 8.61. The third-order valence-corrected chi connectivity index (χ3v) is 4.18. The van der Waals surface area contributed by atoms with E-state index in [-0.39, 0.29) is 30.3 Å². The van der Waals surface area contributed by atoms with Gasteiger partial charge in [0, 0.05) is 36.6 Å². The quantitative estimate of drug-likeness (QED) is 0.683. The first-order chi connectivity index (χ1) is 12.4. The van der Waals surface area contributed by atoms with Gasteiger partial charge >= 0.3 is 0 Å². The fourth-order valence-electron chi connectivity index (χ4n) is 3.02. The molecule has 3 rings (SSSR count). The van der Waals surface area contributed by atoms with E-state index in [9.17, 15) is 9.59 Å². The molecule has 0 bridgehead atoms. The van der Waals surface area contributed by atoms with Gasteiger partial charge in [-0.25, -0.2) is 4.98 Å². The summed E-state index contributed by atoms with van der Waals surface area (Å²) in [6.45, 7) is 4.13. The van der Waals surface area contributed by atoms with E-state index in [1.807, 2.05) is 13.8 Å². The van der Waals surface area contributed by atoms with Crippen LogP contribution in [0.3, 0.4) is 0 Å². The third-order valence-electron chi connectivity index (χ3n) is 4.18. The lowest BCUT2D eigenvalue weighted by molar-refractivity contribution is -0.138. The minimum Gasteiger partial charge on any atom is -0.352 e. The van der Waals surface area contributed by atoms with Crippen LogP contribution in [-0.2, 0) is 16.0 Å². The SMILES string of the molecule is CC(C)NC(=O)[C@@H]1C[C@H](N)CN1C(=O)Cc1nc(-c2ccncc2)n[nH]1. The van der Waals surface area contributed by atoms with E-state index in [0.29, 0.717) is 24.6 Å². The highest BCUT2D eigenvalue weighted by Crippen LogP contribution is 2.19. The molecule has 0 spiro atoms. The molecule has 26 heavy (non-hydrogen) atoms. The van der Waals surface area contributed by atoms with Crippen LogP contribution in [0.5, 0.6) is 0 Å². The Hall–Kier alpha value is -2.81. The summed E-state index contributed by atoms with van der Waals surface area (Å²) in [5.74, 6) is 0.586. The van der Waals surface area contributed by atoms with Crippen LogP contribution in [0.1, 0.15) is 26.1 Å². The highest BCUT2D eigenvalue weighted by Gasteiger charge is 2.38. The molecule has 2 aromatic rings. The summed E-state index contributed by atoms with van der Waals surface area (Å²) in [5.41, 5.74) is 6.79. The Kier molecular flexibility index (Phi) is 5.27. The molecule has 0 aliphatic carbocycles. The summed E-state index contributed by atoms with van der Waals surface area (Å²) in [7, 11) is 0. The maximum absolute atomic E-state index is 12.7. The van der Waals surface area contributed by atoms with Crippen LogP contribution in [0.4, 0.5) is 0 Å². The van der Waals surface area contributed by atoms with Crippen LogP contribution in [0.25, 0.3) is 11.4 Å². The van der Waals surface area contributed by atoms with Crippen molar-refractivity contribution >= 4 is 11.8 Å². The number of aromatic amines is 1. The summed E-state index contributed by atoms with van der Waals surface area (Å²) in [4.78, 5) is 34.9. The molecule has 4 N–H and O–H groups in total. The van der Waals surface area contributed by atoms with Gasteiger partial charge in [-0.3, -0.25) is 19.7 Å². The number of pyridine rings is 1. The van der Waals surface area contributed by atoms with Crippen molar-refractivity contribution < 1.29 is 9.59 Å². The first kappa shape index (κ1) is 18.0. The van der Waals surface area contributed by atoms with Gasteiger partial charge in [0.25, 0.3) is 0 Å². The molecule has 9 nitrogen and oxygen atoms in total. The highest BCUT2D eigenvalue weighted by molar-refractivity contribution is 5.89. The smallest absolute Gasteiger partial charge is 0.243 e. The van der Waals surface area contributed by atoms with Crippen molar-refractivity contribution in [1.82, 2.24) is 30.4 Å². The lowest BCUT2D eigenvalue weighted by Gasteiger charge is -2.24. The van der Waals surface area contributed by atoms with Crippen LogP contribution >= 0.6 is 0 Å². The minimum atomic E-state index is -0.539. The number of hydrogen-bond donors (Lipinski definition) is 3. The van der Waals surface area contributed by atoms with Gasteiger partial charge in [-0.05, 0) is 32.4 Å². The Morgan fingerprint density at radius 3 is 2.81 bits per heavy atom. The van der Waals surface area contributed by atoms with Crippen molar-refractivity contribution in [1.29, 1.82) is 0 Å². The number of carbonyl (C=O) groups is 2. The van der Waals surface area contributed by atoms with E-state index in [1.165, 1.54) is 4.90 Å². The number of aromatic nitrogens is 4. The van der Waals surface area contributed by atoms with Crippen LogP contribution < -0.4 is 11.1 Å². The molecule has 3 heterocycles. The average molecular weight is 357 g/mol. The van der Waals surface area contributed by atoms with E-state index in [1.54, 1.807) is 24.5 Å². The van der Waals surface area contributed by atoms with Crippen LogP contribution in [0, 0.1) is 0 Å². The van der Waals surface area contributed by atoms with E-state index >= 15 is 0 Å². The summed E-state index contributed by atoms with van der Waals surface area (Å²) in [6.07, 6.45) is 3.80. The molecule has 0 saturated carbocycles. The van der Waals surface area contributed by atoms with Gasteiger partial charge in [0.2, 0.25) is 11.8 Å². The maximum Gasteiger partial charge on any atom is 0.243 e. The summed E-state index contributed by atoms with van der Waals surface area (Å²) >= 11 is 0. The Morgan fingerprint density at radius 1 is 1.38 bits per heavy atom. The van der Waals surface area contributed by atoms with Crippen molar-refractivity contribution in [2.24, 2.45) is 5.73 Å². The molecule has 138 valence electrons. The normalized spacial score (nSPS) is 19.8. The van der Waals surface area contributed by atoms with Gasteiger partial charge < -0.3 is 16.0 Å². The van der Waals surface area contributed by atoms with Crippen molar-refractivity contribution in [3.8, 4) is 11.4 Å². The molecular formula is C17H23N7O2. The Labute approximate surface area is 151 Å². The molecule has 0 aromatic carbocycles.